The van der Waals surface area contributed by atoms with Gasteiger partial charge in [-0.25, -0.2) is 14.2 Å². The third kappa shape index (κ3) is 6.00. The van der Waals surface area contributed by atoms with E-state index < -0.39 is 23.3 Å². The fourth-order valence-electron chi connectivity index (χ4n) is 3.24. The smallest absolute Gasteiger partial charge is 0.354 e. The summed E-state index contributed by atoms with van der Waals surface area (Å²) in [5.41, 5.74) is 0.864. The molecule has 0 bridgehead atoms. The molecule has 1 atom stereocenters. The van der Waals surface area contributed by atoms with Crippen molar-refractivity contribution in [3.8, 4) is 5.75 Å². The molecular formula is C25H28N4O5. The Bertz CT molecular complexity index is 1270. The second kappa shape index (κ2) is 10.7. The molecule has 0 saturated heterocycles. The number of carboxylic acid groups (broad SMARTS) is 1. The summed E-state index contributed by atoms with van der Waals surface area (Å²) < 4.78 is 7.81. The Morgan fingerprint density at radius 3 is 2.29 bits per heavy atom. The normalized spacial score (nSPS) is 11.8. The minimum absolute atomic E-state index is 0.0268. The topological polar surface area (TPSA) is 115 Å². The van der Waals surface area contributed by atoms with E-state index in [1.165, 1.54) is 11.5 Å². The van der Waals surface area contributed by atoms with Gasteiger partial charge in [0.1, 0.15) is 5.75 Å². The van der Waals surface area contributed by atoms with E-state index in [2.05, 4.69) is 16.9 Å². The van der Waals surface area contributed by atoms with Crippen molar-refractivity contribution < 1.29 is 14.6 Å². The van der Waals surface area contributed by atoms with Crippen LogP contribution >= 0.6 is 0 Å². The number of rotatable bonds is 10. The molecule has 3 rings (SSSR count). The molecule has 0 aliphatic carbocycles. The highest BCUT2D eigenvalue weighted by molar-refractivity contribution is 5.69. The van der Waals surface area contributed by atoms with Gasteiger partial charge in [-0.1, -0.05) is 43.8 Å². The molecule has 0 aliphatic rings. The number of nitrogens with one attached hydrogen (secondary N) is 1. The van der Waals surface area contributed by atoms with Crippen molar-refractivity contribution in [2.45, 2.75) is 40.0 Å². The quantitative estimate of drug-likeness (QED) is 0.473. The van der Waals surface area contributed by atoms with E-state index in [0.717, 1.165) is 15.7 Å². The molecule has 0 amide bonds. The first-order valence-electron chi connectivity index (χ1n) is 10.9. The summed E-state index contributed by atoms with van der Waals surface area (Å²) in [7, 11) is 0. The molecule has 0 unspecified atom stereocenters. The number of hydrogen-bond donors (Lipinski definition) is 2. The van der Waals surface area contributed by atoms with Crippen LogP contribution in [0.3, 0.4) is 0 Å². The first-order chi connectivity index (χ1) is 16.2. The number of carbonyl (C=O) groups is 1. The summed E-state index contributed by atoms with van der Waals surface area (Å²) in [6.45, 7) is 8.86. The maximum absolute atomic E-state index is 13.3. The van der Waals surface area contributed by atoms with E-state index in [-0.39, 0.29) is 25.1 Å². The predicted molar refractivity (Wildman–Crippen MR) is 131 cm³/mol. The van der Waals surface area contributed by atoms with Gasteiger partial charge in [-0.05, 0) is 49.2 Å². The zero-order valence-electron chi connectivity index (χ0n) is 19.4. The van der Waals surface area contributed by atoms with Crippen molar-refractivity contribution in [3.05, 3.63) is 87.2 Å². The highest BCUT2D eigenvalue weighted by Crippen LogP contribution is 2.20. The lowest BCUT2D eigenvalue weighted by atomic mass is 10.1. The Balaban J connectivity index is 2.02. The molecule has 1 aromatic heterocycles. The Hall–Kier alpha value is -4.14. The molecule has 3 aromatic rings. The molecule has 0 radical (unpaired) electrons. The molecule has 178 valence electrons. The van der Waals surface area contributed by atoms with E-state index in [1.807, 2.05) is 38.1 Å². The van der Waals surface area contributed by atoms with Gasteiger partial charge < -0.3 is 15.2 Å². The standard InChI is InChI=1S/C25H28N4O5/c1-5-18-6-8-19(9-7-18)15-28-23(26-20-10-12-21(13-11-20)34-16(2)3)27-24(32)29(25(28)33)14-17(4)22(30)31/h5-13,16-17H,1,14-15H2,2-4H3,(H,30,31)(H,26,27,32)/t17-/m0/s1. The SMILES string of the molecule is C=Cc1ccc(Cn2c(Nc3ccc(OC(C)C)cc3)nc(=O)n(C[C@H](C)C(=O)O)c2=O)cc1. The second-order valence-electron chi connectivity index (χ2n) is 8.20. The number of anilines is 2. The summed E-state index contributed by atoms with van der Waals surface area (Å²) in [6, 6.07) is 14.5. The van der Waals surface area contributed by atoms with Gasteiger partial charge in [-0.3, -0.25) is 9.36 Å². The van der Waals surface area contributed by atoms with Crippen LogP contribution in [0, 0.1) is 5.92 Å². The van der Waals surface area contributed by atoms with Crippen LogP contribution in [0.15, 0.2) is 64.7 Å². The third-order valence-electron chi connectivity index (χ3n) is 5.07. The maximum atomic E-state index is 13.3. The van der Waals surface area contributed by atoms with Crippen molar-refractivity contribution in [2.75, 3.05) is 5.32 Å². The number of ether oxygens (including phenoxy) is 1. The molecule has 34 heavy (non-hydrogen) atoms. The van der Waals surface area contributed by atoms with Gasteiger partial charge in [0.2, 0.25) is 5.95 Å². The van der Waals surface area contributed by atoms with Gasteiger partial charge >= 0.3 is 17.3 Å². The van der Waals surface area contributed by atoms with E-state index >= 15 is 0 Å². The van der Waals surface area contributed by atoms with Crippen LogP contribution in [0.5, 0.6) is 5.75 Å². The number of carboxylic acids is 1. The van der Waals surface area contributed by atoms with Crippen molar-refractivity contribution in [2.24, 2.45) is 5.92 Å². The predicted octanol–water partition coefficient (Wildman–Crippen LogP) is 3.35. The summed E-state index contributed by atoms with van der Waals surface area (Å²) in [4.78, 5) is 41.3. The van der Waals surface area contributed by atoms with Crippen LogP contribution in [-0.4, -0.2) is 31.3 Å². The molecule has 0 spiro atoms. The average molecular weight is 465 g/mol. The Morgan fingerprint density at radius 2 is 1.74 bits per heavy atom. The van der Waals surface area contributed by atoms with Gasteiger partial charge in [0.15, 0.2) is 0 Å². The first-order valence-corrected chi connectivity index (χ1v) is 10.9. The van der Waals surface area contributed by atoms with Crippen molar-refractivity contribution in [3.63, 3.8) is 0 Å². The molecule has 2 N–H and O–H groups in total. The fourth-order valence-corrected chi connectivity index (χ4v) is 3.24. The Labute approximate surface area is 197 Å². The van der Waals surface area contributed by atoms with Gasteiger partial charge in [-0.15, -0.1) is 0 Å². The number of benzene rings is 2. The number of hydrogen-bond acceptors (Lipinski definition) is 6. The average Bonchev–Trinajstić information content (AvgIpc) is 2.80. The summed E-state index contributed by atoms with van der Waals surface area (Å²) in [6.07, 6.45) is 1.74. The lowest BCUT2D eigenvalue weighted by Crippen LogP contribution is -2.44. The maximum Gasteiger partial charge on any atom is 0.354 e. The van der Waals surface area contributed by atoms with E-state index in [9.17, 15) is 19.5 Å². The summed E-state index contributed by atoms with van der Waals surface area (Å²) in [5.74, 6) is -1.30. The molecule has 2 aromatic carbocycles. The van der Waals surface area contributed by atoms with E-state index in [4.69, 9.17) is 4.74 Å². The van der Waals surface area contributed by atoms with Crippen molar-refractivity contribution in [1.29, 1.82) is 0 Å². The van der Waals surface area contributed by atoms with Crippen LogP contribution in [0.25, 0.3) is 6.08 Å². The number of aliphatic carboxylic acids is 1. The minimum Gasteiger partial charge on any atom is -0.491 e. The fraction of sp³-hybridized carbons (Fsp3) is 0.280. The van der Waals surface area contributed by atoms with Gasteiger partial charge in [0.05, 0.1) is 18.6 Å². The van der Waals surface area contributed by atoms with Crippen LogP contribution in [0.2, 0.25) is 0 Å². The first kappa shape index (κ1) is 24.5. The number of aromatic nitrogens is 3. The lowest BCUT2D eigenvalue weighted by molar-refractivity contribution is -0.141. The number of nitrogens with zero attached hydrogens (tertiary/aromatic N) is 3. The van der Waals surface area contributed by atoms with Crippen LogP contribution in [0.4, 0.5) is 11.6 Å². The molecule has 1 heterocycles. The molecular weight excluding hydrogens is 436 g/mol. The molecule has 0 saturated carbocycles. The van der Waals surface area contributed by atoms with Crippen molar-refractivity contribution >= 4 is 23.7 Å². The lowest BCUT2D eigenvalue weighted by Gasteiger charge is -2.17. The largest absolute Gasteiger partial charge is 0.491 e. The monoisotopic (exact) mass is 464 g/mol. The van der Waals surface area contributed by atoms with Crippen LogP contribution < -0.4 is 21.4 Å². The van der Waals surface area contributed by atoms with Crippen LogP contribution in [-0.2, 0) is 17.9 Å². The Morgan fingerprint density at radius 1 is 1.09 bits per heavy atom. The van der Waals surface area contributed by atoms with Crippen LogP contribution in [0.1, 0.15) is 31.9 Å². The zero-order chi connectivity index (χ0) is 24.8. The molecule has 9 nitrogen and oxygen atoms in total. The third-order valence-corrected chi connectivity index (χ3v) is 5.07. The van der Waals surface area contributed by atoms with Gasteiger partial charge in [0, 0.05) is 12.2 Å². The van der Waals surface area contributed by atoms with Gasteiger partial charge in [0.25, 0.3) is 0 Å². The summed E-state index contributed by atoms with van der Waals surface area (Å²) in [5, 5.41) is 12.3. The second-order valence-corrected chi connectivity index (χ2v) is 8.20. The zero-order valence-corrected chi connectivity index (χ0v) is 19.4. The van der Waals surface area contributed by atoms with Crippen molar-refractivity contribution in [1.82, 2.24) is 14.1 Å². The highest BCUT2D eigenvalue weighted by atomic mass is 16.5. The highest BCUT2D eigenvalue weighted by Gasteiger charge is 2.19. The Kier molecular flexibility index (Phi) is 7.68. The molecule has 9 heteroatoms. The van der Waals surface area contributed by atoms with E-state index in [1.54, 1.807) is 30.3 Å². The minimum atomic E-state index is -1.11. The molecule has 0 aliphatic heterocycles. The van der Waals surface area contributed by atoms with E-state index in [0.29, 0.717) is 11.4 Å². The molecule has 0 fully saturated rings. The van der Waals surface area contributed by atoms with Gasteiger partial charge in [-0.2, -0.15) is 4.98 Å². The summed E-state index contributed by atoms with van der Waals surface area (Å²) >= 11 is 0.